The largest absolute Gasteiger partial charge is 0.350 e. The Kier molecular flexibility index (Phi) is 7.42. The molecule has 2 atom stereocenters. The molecule has 2 aliphatic heterocycles. The fourth-order valence-electron chi connectivity index (χ4n) is 4.81. The van der Waals surface area contributed by atoms with E-state index in [1.165, 1.54) is 0 Å². The van der Waals surface area contributed by atoms with Gasteiger partial charge in [-0.25, -0.2) is 9.97 Å². The van der Waals surface area contributed by atoms with E-state index in [9.17, 15) is 4.79 Å². The molecule has 2 aromatic carbocycles. The van der Waals surface area contributed by atoms with Crippen molar-refractivity contribution in [2.75, 3.05) is 54.1 Å². The summed E-state index contributed by atoms with van der Waals surface area (Å²) in [4.78, 5) is 31.1. The molecule has 36 heavy (non-hydrogen) atoms. The number of anilines is 3. The molecule has 1 aromatic heterocycles. The van der Waals surface area contributed by atoms with E-state index in [4.69, 9.17) is 0 Å². The van der Waals surface area contributed by atoms with Crippen LogP contribution in [0.4, 0.5) is 17.3 Å². The number of hydrogen-bond acceptors (Lipinski definition) is 7. The lowest BCUT2D eigenvalue weighted by atomic mass is 10.1. The number of rotatable bonds is 7. The maximum atomic E-state index is 13.4. The summed E-state index contributed by atoms with van der Waals surface area (Å²) < 4.78 is 0. The highest BCUT2D eigenvalue weighted by Gasteiger charge is 2.30. The zero-order chi connectivity index (χ0) is 24.7. The molecular weight excluding hydrogens is 450 g/mol. The van der Waals surface area contributed by atoms with Gasteiger partial charge in [0.1, 0.15) is 6.04 Å². The Bertz CT molecular complexity index is 1130. The molecule has 8 nitrogen and oxygen atoms in total. The Balaban J connectivity index is 1.21. The summed E-state index contributed by atoms with van der Waals surface area (Å²) in [6.45, 7) is 7.10. The van der Waals surface area contributed by atoms with Crippen LogP contribution in [0.25, 0.3) is 0 Å². The molecule has 0 aliphatic carbocycles. The molecule has 3 heterocycles. The van der Waals surface area contributed by atoms with Crippen LogP contribution in [0, 0.1) is 0 Å². The number of carbonyl (C=O) groups is 1. The predicted molar refractivity (Wildman–Crippen MR) is 144 cm³/mol. The monoisotopic (exact) mass is 483 g/mol. The number of carbonyl (C=O) groups excluding carboxylic acids is 1. The molecule has 0 saturated carbocycles. The van der Waals surface area contributed by atoms with Crippen LogP contribution in [0.5, 0.6) is 0 Å². The molecule has 1 amide bonds. The van der Waals surface area contributed by atoms with E-state index in [2.05, 4.69) is 66.1 Å². The van der Waals surface area contributed by atoms with Crippen LogP contribution in [0.3, 0.4) is 0 Å². The van der Waals surface area contributed by atoms with Crippen molar-refractivity contribution in [3.05, 3.63) is 91.4 Å². The maximum Gasteiger partial charge on any atom is 0.247 e. The van der Waals surface area contributed by atoms with Gasteiger partial charge in [-0.15, -0.1) is 0 Å². The minimum absolute atomic E-state index is 0.0200. The molecule has 2 aliphatic rings. The van der Waals surface area contributed by atoms with Crippen molar-refractivity contribution in [1.29, 1.82) is 0 Å². The van der Waals surface area contributed by atoms with E-state index in [1.807, 2.05) is 54.7 Å². The fraction of sp³-hybridized carbons (Fsp3) is 0.321. The van der Waals surface area contributed by atoms with E-state index < -0.39 is 0 Å². The van der Waals surface area contributed by atoms with Gasteiger partial charge in [0.15, 0.2) is 0 Å². The first-order chi connectivity index (χ1) is 17.7. The molecule has 3 aromatic rings. The average molecular weight is 484 g/mol. The van der Waals surface area contributed by atoms with Crippen molar-refractivity contribution in [2.24, 2.45) is 0 Å². The number of hydrogen-bond donors (Lipinski definition) is 1. The Morgan fingerprint density at radius 1 is 0.917 bits per heavy atom. The molecule has 0 radical (unpaired) electrons. The zero-order valence-electron chi connectivity index (χ0n) is 20.6. The first-order valence-electron chi connectivity index (χ1n) is 12.5. The second-order valence-electron chi connectivity index (χ2n) is 9.28. The maximum absolute atomic E-state index is 13.4. The van der Waals surface area contributed by atoms with Crippen LogP contribution in [-0.2, 0) is 4.79 Å². The van der Waals surface area contributed by atoms with Crippen molar-refractivity contribution in [3.63, 3.8) is 0 Å². The minimum atomic E-state index is -0.373. The van der Waals surface area contributed by atoms with Crippen molar-refractivity contribution in [3.8, 4) is 0 Å². The van der Waals surface area contributed by atoms with Crippen LogP contribution in [0.15, 0.2) is 91.4 Å². The van der Waals surface area contributed by atoms with Crippen molar-refractivity contribution < 1.29 is 4.79 Å². The molecule has 1 saturated heterocycles. The Morgan fingerprint density at radius 3 is 2.22 bits per heavy atom. The lowest BCUT2D eigenvalue weighted by Gasteiger charge is -2.40. The van der Waals surface area contributed by atoms with Crippen molar-refractivity contribution >= 4 is 23.2 Å². The van der Waals surface area contributed by atoms with Gasteiger partial charge in [-0.2, -0.15) is 0 Å². The second kappa shape index (κ2) is 11.2. The SMILES string of the molecule is CC(CN1CCN(c2ncccn2)CC1)NC(=O)C1C=CN(c2ccccc2)CN1c1ccccc1. The highest BCUT2D eigenvalue weighted by Crippen LogP contribution is 2.25. The summed E-state index contributed by atoms with van der Waals surface area (Å²) in [5.74, 6) is 0.805. The van der Waals surface area contributed by atoms with Crippen LogP contribution < -0.4 is 20.0 Å². The van der Waals surface area contributed by atoms with Gasteiger partial charge in [-0.05, 0) is 43.3 Å². The number of benzene rings is 2. The number of para-hydroxylation sites is 2. The number of amides is 1. The Labute approximate surface area is 212 Å². The molecule has 8 heteroatoms. The van der Waals surface area contributed by atoms with Gasteiger partial charge < -0.3 is 20.0 Å². The first kappa shape index (κ1) is 23.8. The fourth-order valence-corrected chi connectivity index (χ4v) is 4.81. The van der Waals surface area contributed by atoms with Gasteiger partial charge in [0.2, 0.25) is 11.9 Å². The van der Waals surface area contributed by atoms with Gasteiger partial charge in [-0.3, -0.25) is 9.69 Å². The third-order valence-corrected chi connectivity index (χ3v) is 6.66. The van der Waals surface area contributed by atoms with Crippen molar-refractivity contribution in [2.45, 2.75) is 19.0 Å². The van der Waals surface area contributed by atoms with Gasteiger partial charge in [0, 0.05) is 68.7 Å². The number of aromatic nitrogens is 2. The molecule has 0 bridgehead atoms. The van der Waals surface area contributed by atoms with Crippen molar-refractivity contribution in [1.82, 2.24) is 20.2 Å². The third-order valence-electron chi connectivity index (χ3n) is 6.66. The van der Waals surface area contributed by atoms with E-state index in [0.717, 1.165) is 50.0 Å². The highest BCUT2D eigenvalue weighted by molar-refractivity contribution is 5.88. The van der Waals surface area contributed by atoms with Crippen LogP contribution in [0.1, 0.15) is 6.92 Å². The van der Waals surface area contributed by atoms with Crippen LogP contribution in [-0.4, -0.2) is 72.3 Å². The summed E-state index contributed by atoms with van der Waals surface area (Å²) in [5.41, 5.74) is 2.12. The second-order valence-corrected chi connectivity index (χ2v) is 9.28. The van der Waals surface area contributed by atoms with Gasteiger partial charge in [0.05, 0.1) is 6.67 Å². The summed E-state index contributed by atoms with van der Waals surface area (Å²) in [6.07, 6.45) is 7.58. The van der Waals surface area contributed by atoms with Gasteiger partial charge in [-0.1, -0.05) is 36.4 Å². The molecule has 1 fully saturated rings. The molecular formula is C28H33N7O. The topological polar surface area (TPSA) is 67.8 Å². The summed E-state index contributed by atoms with van der Waals surface area (Å²) in [6, 6.07) is 21.9. The first-order valence-corrected chi connectivity index (χ1v) is 12.5. The number of nitrogens with one attached hydrogen (secondary N) is 1. The Morgan fingerprint density at radius 2 is 1.56 bits per heavy atom. The molecule has 1 N–H and O–H groups in total. The van der Waals surface area contributed by atoms with E-state index in [-0.39, 0.29) is 18.0 Å². The predicted octanol–water partition coefficient (Wildman–Crippen LogP) is 2.97. The lowest BCUT2D eigenvalue weighted by molar-refractivity contribution is -0.122. The zero-order valence-corrected chi connectivity index (χ0v) is 20.6. The number of piperazine rings is 1. The third kappa shape index (κ3) is 5.66. The van der Waals surface area contributed by atoms with Crippen LogP contribution in [0.2, 0.25) is 0 Å². The lowest BCUT2D eigenvalue weighted by Crippen LogP contribution is -2.56. The molecule has 2 unspecified atom stereocenters. The average Bonchev–Trinajstić information content (AvgIpc) is 2.94. The van der Waals surface area contributed by atoms with Crippen LogP contribution >= 0.6 is 0 Å². The highest BCUT2D eigenvalue weighted by atomic mass is 16.2. The van der Waals surface area contributed by atoms with E-state index in [1.54, 1.807) is 12.4 Å². The van der Waals surface area contributed by atoms with E-state index >= 15 is 0 Å². The normalized spacial score (nSPS) is 19.2. The molecule has 5 rings (SSSR count). The van der Waals surface area contributed by atoms with E-state index in [0.29, 0.717) is 6.67 Å². The summed E-state index contributed by atoms with van der Waals surface area (Å²) in [7, 11) is 0. The standard InChI is InChI=1S/C28H33N7O/c1-23(21-32-17-19-33(20-18-32)28-29-14-8-15-30-28)31-27(36)26-13-16-34(24-9-4-2-5-10-24)22-35(26)25-11-6-3-7-12-25/h2-16,23,26H,17-22H2,1H3,(H,31,36). The summed E-state index contributed by atoms with van der Waals surface area (Å²) in [5, 5.41) is 3.26. The Hall–Kier alpha value is -3.91. The minimum Gasteiger partial charge on any atom is -0.350 e. The molecule has 186 valence electrons. The van der Waals surface area contributed by atoms with Gasteiger partial charge >= 0.3 is 0 Å². The summed E-state index contributed by atoms with van der Waals surface area (Å²) >= 11 is 0. The quantitative estimate of drug-likeness (QED) is 0.554. The smallest absolute Gasteiger partial charge is 0.247 e. The molecule has 0 spiro atoms. The number of nitrogens with zero attached hydrogens (tertiary/aromatic N) is 6. The van der Waals surface area contributed by atoms with Gasteiger partial charge in [0.25, 0.3) is 0 Å².